The molecule has 2 N–H and O–H groups in total. The molecule has 2 aromatic rings. The van der Waals surface area contributed by atoms with E-state index in [1.165, 1.54) is 11.8 Å². The van der Waals surface area contributed by atoms with E-state index in [2.05, 4.69) is 22.4 Å². The minimum atomic E-state index is -0.0526. The Morgan fingerprint density at radius 1 is 1.25 bits per heavy atom. The fourth-order valence-electron chi connectivity index (χ4n) is 2.76. The number of aliphatic hydroxyl groups excluding tert-OH is 1. The second-order valence-electron chi connectivity index (χ2n) is 5.67. The Morgan fingerprint density at radius 2 is 2.04 bits per heavy atom. The Hall–Kier alpha value is -2.98. The largest absolute Gasteiger partial charge is 0.454 e. The van der Waals surface area contributed by atoms with Crippen LogP contribution in [0.1, 0.15) is 11.1 Å². The number of benzene rings is 1. The number of methoxy groups -OCH3 is 1. The van der Waals surface area contributed by atoms with Gasteiger partial charge in [0, 0.05) is 25.0 Å². The van der Waals surface area contributed by atoms with Crippen LogP contribution in [-0.2, 0) is 4.74 Å². The summed E-state index contributed by atoms with van der Waals surface area (Å²) in [5.41, 5.74) is 1.67. The first-order valence-electron chi connectivity index (χ1n) is 8.48. The molecule has 3 rings (SSSR count). The van der Waals surface area contributed by atoms with Gasteiger partial charge in [-0.25, -0.2) is 4.98 Å². The maximum absolute atomic E-state index is 9.82. The molecule has 0 spiro atoms. The van der Waals surface area contributed by atoms with Gasteiger partial charge >= 0.3 is 0 Å². The van der Waals surface area contributed by atoms with Crippen molar-refractivity contribution in [1.29, 1.82) is 10.5 Å². The monoisotopic (exact) mass is 398 g/mol. The summed E-state index contributed by atoms with van der Waals surface area (Å²) in [7, 11) is 1.58. The smallest absolute Gasteiger partial charge is 0.231 e. The number of thioether (sulfide) groups is 1. The third-order valence-electron chi connectivity index (χ3n) is 3.98. The third-order valence-corrected chi connectivity index (χ3v) is 4.93. The van der Waals surface area contributed by atoms with Crippen LogP contribution in [0.4, 0.5) is 5.82 Å². The molecule has 0 amide bonds. The molecule has 1 aromatic carbocycles. The van der Waals surface area contributed by atoms with Crippen molar-refractivity contribution in [3.63, 3.8) is 0 Å². The normalized spacial score (nSPS) is 11.7. The van der Waals surface area contributed by atoms with Crippen molar-refractivity contribution >= 4 is 17.6 Å². The van der Waals surface area contributed by atoms with Gasteiger partial charge in [0.2, 0.25) is 6.79 Å². The zero-order valence-electron chi connectivity index (χ0n) is 15.2. The second kappa shape index (κ2) is 9.29. The van der Waals surface area contributed by atoms with Crippen LogP contribution < -0.4 is 14.8 Å². The van der Waals surface area contributed by atoms with Crippen LogP contribution >= 0.6 is 11.8 Å². The molecule has 2 heterocycles. The quantitative estimate of drug-likeness (QED) is 0.510. The lowest BCUT2D eigenvalue weighted by atomic mass is 9.96. The van der Waals surface area contributed by atoms with E-state index < -0.39 is 0 Å². The van der Waals surface area contributed by atoms with Gasteiger partial charge in [-0.3, -0.25) is 0 Å². The topological polar surface area (TPSA) is 120 Å². The molecule has 0 unspecified atom stereocenters. The highest BCUT2D eigenvalue weighted by Crippen LogP contribution is 2.41. The molecule has 1 aliphatic heterocycles. The van der Waals surface area contributed by atoms with Gasteiger partial charge in [-0.1, -0.05) is 6.07 Å². The lowest BCUT2D eigenvalue weighted by Crippen LogP contribution is -2.12. The van der Waals surface area contributed by atoms with Gasteiger partial charge in [-0.2, -0.15) is 10.5 Å². The molecular weight excluding hydrogens is 380 g/mol. The Kier molecular flexibility index (Phi) is 6.56. The number of aliphatic hydroxyl groups is 1. The number of rotatable bonds is 8. The number of nitrogens with zero attached hydrogens (tertiary/aromatic N) is 3. The molecule has 0 bridgehead atoms. The van der Waals surface area contributed by atoms with Gasteiger partial charge in [-0.15, -0.1) is 11.8 Å². The van der Waals surface area contributed by atoms with E-state index in [-0.39, 0.29) is 24.5 Å². The fraction of sp³-hybridized carbons (Fsp3) is 0.316. The van der Waals surface area contributed by atoms with Gasteiger partial charge in [-0.05, 0) is 17.7 Å². The number of nitriles is 2. The Balaban J connectivity index is 2.18. The summed E-state index contributed by atoms with van der Waals surface area (Å²) in [6.45, 7) is 0.968. The number of anilines is 1. The second-order valence-corrected chi connectivity index (χ2v) is 6.76. The van der Waals surface area contributed by atoms with E-state index in [9.17, 15) is 15.6 Å². The van der Waals surface area contributed by atoms with Crippen molar-refractivity contribution in [3.05, 3.63) is 29.3 Å². The first-order valence-corrected chi connectivity index (χ1v) is 9.46. The molecule has 144 valence electrons. The Bertz CT molecular complexity index is 952. The summed E-state index contributed by atoms with van der Waals surface area (Å²) in [4.78, 5) is 4.47. The van der Waals surface area contributed by atoms with Crippen LogP contribution in [0.5, 0.6) is 11.5 Å². The molecule has 8 nitrogen and oxygen atoms in total. The molecule has 28 heavy (non-hydrogen) atoms. The SMILES string of the molecule is COCCNc1nc(SCCO)c(C#N)c(-c2ccc3c(c2)OCO3)c1C#N. The molecule has 0 fully saturated rings. The third kappa shape index (κ3) is 3.97. The van der Waals surface area contributed by atoms with E-state index in [0.717, 1.165) is 0 Å². The maximum atomic E-state index is 9.82. The van der Waals surface area contributed by atoms with Crippen molar-refractivity contribution in [2.75, 3.05) is 44.7 Å². The van der Waals surface area contributed by atoms with Crippen molar-refractivity contribution in [2.24, 2.45) is 0 Å². The molecule has 0 saturated carbocycles. The molecular formula is C19H18N4O4S. The standard InChI is InChI=1S/C19H18N4O4S/c1-25-6-4-22-18-13(9-20)17(14(10-21)19(23-18)28-7-5-24)12-2-3-15-16(8-12)27-11-26-15/h2-3,8,24H,4-7,11H2,1H3,(H,22,23). The number of hydrogen-bond donors (Lipinski definition) is 2. The van der Waals surface area contributed by atoms with Crippen LogP contribution in [0.2, 0.25) is 0 Å². The lowest BCUT2D eigenvalue weighted by Gasteiger charge is -2.16. The van der Waals surface area contributed by atoms with Crippen LogP contribution in [0, 0.1) is 22.7 Å². The molecule has 0 atom stereocenters. The van der Waals surface area contributed by atoms with Gasteiger partial charge in [0.1, 0.15) is 28.5 Å². The first kappa shape index (κ1) is 19.8. The van der Waals surface area contributed by atoms with E-state index in [1.54, 1.807) is 25.3 Å². The highest BCUT2D eigenvalue weighted by Gasteiger charge is 2.23. The zero-order chi connectivity index (χ0) is 19.9. The summed E-state index contributed by atoms with van der Waals surface area (Å²) in [6, 6.07) is 9.62. The molecule has 0 radical (unpaired) electrons. The fourth-order valence-corrected chi connectivity index (χ4v) is 3.50. The van der Waals surface area contributed by atoms with E-state index in [4.69, 9.17) is 14.2 Å². The average Bonchev–Trinajstić information content (AvgIpc) is 3.19. The van der Waals surface area contributed by atoms with Gasteiger partial charge in [0.05, 0.1) is 18.8 Å². The molecule has 0 aliphatic carbocycles. The van der Waals surface area contributed by atoms with Crippen LogP contribution in [0.3, 0.4) is 0 Å². The highest BCUT2D eigenvalue weighted by atomic mass is 32.2. The van der Waals surface area contributed by atoms with E-state index >= 15 is 0 Å². The summed E-state index contributed by atoms with van der Waals surface area (Å²) in [6.07, 6.45) is 0. The molecule has 9 heteroatoms. The van der Waals surface area contributed by atoms with Crippen LogP contribution in [0.15, 0.2) is 23.2 Å². The van der Waals surface area contributed by atoms with Crippen LogP contribution in [0.25, 0.3) is 11.1 Å². The van der Waals surface area contributed by atoms with Gasteiger partial charge < -0.3 is 24.6 Å². The Morgan fingerprint density at radius 3 is 2.75 bits per heavy atom. The Labute approximate surface area is 166 Å². The summed E-state index contributed by atoms with van der Waals surface area (Å²) >= 11 is 1.26. The van der Waals surface area contributed by atoms with Crippen molar-refractivity contribution in [1.82, 2.24) is 4.98 Å². The molecule has 0 saturated heterocycles. The van der Waals surface area contributed by atoms with Gasteiger partial charge in [0.25, 0.3) is 0 Å². The van der Waals surface area contributed by atoms with E-state index in [0.29, 0.717) is 52.4 Å². The predicted molar refractivity (Wildman–Crippen MR) is 103 cm³/mol. The summed E-state index contributed by atoms with van der Waals surface area (Å²) < 4.78 is 15.8. The van der Waals surface area contributed by atoms with Crippen molar-refractivity contribution in [3.8, 4) is 34.8 Å². The average molecular weight is 398 g/mol. The molecule has 1 aliphatic rings. The van der Waals surface area contributed by atoms with Crippen molar-refractivity contribution < 1.29 is 19.3 Å². The summed E-state index contributed by atoms with van der Waals surface area (Å²) in [5.74, 6) is 1.92. The van der Waals surface area contributed by atoms with Gasteiger partial charge in [0.15, 0.2) is 11.5 Å². The lowest BCUT2D eigenvalue weighted by molar-refractivity contribution is 0.174. The number of aromatic nitrogens is 1. The zero-order valence-corrected chi connectivity index (χ0v) is 16.0. The van der Waals surface area contributed by atoms with Crippen molar-refractivity contribution in [2.45, 2.75) is 5.03 Å². The van der Waals surface area contributed by atoms with E-state index in [1.807, 2.05) is 0 Å². The minimum Gasteiger partial charge on any atom is -0.454 e. The molecule has 1 aromatic heterocycles. The van der Waals surface area contributed by atoms with Crippen LogP contribution in [-0.4, -0.2) is 49.5 Å². The number of pyridine rings is 1. The maximum Gasteiger partial charge on any atom is 0.231 e. The summed E-state index contributed by atoms with van der Waals surface area (Å²) in [5, 5.41) is 32.4. The minimum absolute atomic E-state index is 0.0526. The highest BCUT2D eigenvalue weighted by molar-refractivity contribution is 7.99. The number of ether oxygens (including phenoxy) is 3. The first-order chi connectivity index (χ1) is 13.7. The predicted octanol–water partition coefficient (Wildman–Crippen LogP) is 2.36. The number of hydrogen-bond acceptors (Lipinski definition) is 9. The number of fused-ring (bicyclic) bond motifs is 1. The number of nitrogens with one attached hydrogen (secondary N) is 1.